The first kappa shape index (κ1) is 32.7. The number of furan rings is 1. The van der Waals surface area contributed by atoms with Crippen LogP contribution in [0, 0.1) is 0 Å². The van der Waals surface area contributed by atoms with Crippen molar-refractivity contribution >= 4 is 43.5 Å². The zero-order chi connectivity index (χ0) is 37.7. The Morgan fingerprint density at radius 2 is 0.789 bits per heavy atom. The first-order valence-electron chi connectivity index (χ1n) is 19.2. The van der Waals surface area contributed by atoms with Crippen LogP contribution in [0.25, 0.3) is 111 Å². The van der Waals surface area contributed by atoms with Gasteiger partial charge in [-0.15, -0.1) is 0 Å². The molecule has 0 atom stereocenters. The smallest absolute Gasteiger partial charge is 0.167 e. The highest BCUT2D eigenvalue weighted by molar-refractivity contribution is 6.14. The van der Waals surface area contributed by atoms with Crippen molar-refractivity contribution in [2.45, 2.75) is 0 Å². The monoisotopic (exact) mass is 727 g/mol. The van der Waals surface area contributed by atoms with Crippen molar-refractivity contribution in [3.63, 3.8) is 0 Å². The van der Waals surface area contributed by atoms with E-state index in [4.69, 9.17) is 19.4 Å². The highest BCUT2D eigenvalue weighted by Gasteiger charge is 2.20. The molecule has 9 aromatic carbocycles. The van der Waals surface area contributed by atoms with Gasteiger partial charge in [0.25, 0.3) is 0 Å². The van der Waals surface area contributed by atoms with Crippen LogP contribution in [-0.2, 0) is 0 Å². The molecule has 0 N–H and O–H groups in total. The summed E-state index contributed by atoms with van der Waals surface area (Å²) in [6.07, 6.45) is 0. The molecule has 11 aromatic rings. The fourth-order valence-electron chi connectivity index (χ4n) is 7.93. The van der Waals surface area contributed by atoms with Gasteiger partial charge in [0, 0.05) is 21.9 Å². The molecule has 0 aliphatic rings. The molecule has 4 heteroatoms. The first-order chi connectivity index (χ1) is 28.2. The van der Waals surface area contributed by atoms with Crippen LogP contribution in [-0.4, -0.2) is 15.0 Å². The molecular weight excluding hydrogens is 695 g/mol. The third-order valence-corrected chi connectivity index (χ3v) is 10.9. The minimum Gasteiger partial charge on any atom is -0.455 e. The Hall–Kier alpha value is -7.69. The number of aromatic nitrogens is 3. The minimum absolute atomic E-state index is 0.548. The maximum Gasteiger partial charge on any atom is 0.167 e. The molecule has 0 aliphatic heterocycles. The minimum atomic E-state index is 0.548. The first-order valence-corrected chi connectivity index (χ1v) is 19.2. The summed E-state index contributed by atoms with van der Waals surface area (Å²) >= 11 is 0. The van der Waals surface area contributed by atoms with Crippen molar-refractivity contribution in [1.82, 2.24) is 15.0 Å². The van der Waals surface area contributed by atoms with E-state index < -0.39 is 0 Å². The van der Waals surface area contributed by atoms with E-state index in [1.807, 2.05) is 36.4 Å². The Bertz CT molecular complexity index is 3280. The van der Waals surface area contributed by atoms with E-state index in [0.717, 1.165) is 71.7 Å². The Morgan fingerprint density at radius 3 is 1.53 bits per heavy atom. The average molecular weight is 728 g/mol. The highest BCUT2D eigenvalue weighted by Crippen LogP contribution is 2.41. The summed E-state index contributed by atoms with van der Waals surface area (Å²) in [6, 6.07) is 70.0. The summed E-state index contributed by atoms with van der Waals surface area (Å²) in [4.78, 5) is 15.6. The molecule has 0 bridgehead atoms. The standard InChI is InChI=1S/C53H33N3O/c1-3-12-34(13-4-1)36-22-24-37(25-23-36)45-31-47-46-30-41-18-9-10-19-42(41)33-49(46)57-50(47)48(32-45)53-55-51(38-15-5-2-6-16-38)54-52(56-53)44-21-11-20-40(29-44)43-27-26-35-14-7-8-17-39(35)28-43/h1-33H. The summed E-state index contributed by atoms with van der Waals surface area (Å²) < 4.78 is 6.82. The molecule has 2 heterocycles. The van der Waals surface area contributed by atoms with E-state index in [1.54, 1.807) is 0 Å². The van der Waals surface area contributed by atoms with Crippen LogP contribution in [0.5, 0.6) is 0 Å². The van der Waals surface area contributed by atoms with E-state index in [-0.39, 0.29) is 0 Å². The summed E-state index contributed by atoms with van der Waals surface area (Å²) in [5, 5.41) is 6.76. The molecule has 0 amide bonds. The van der Waals surface area contributed by atoms with Crippen LogP contribution in [0.1, 0.15) is 0 Å². The second-order valence-electron chi connectivity index (χ2n) is 14.5. The number of benzene rings is 9. The zero-order valence-electron chi connectivity index (χ0n) is 30.8. The lowest BCUT2D eigenvalue weighted by molar-refractivity contribution is 0.670. The summed E-state index contributed by atoms with van der Waals surface area (Å²) in [7, 11) is 0. The summed E-state index contributed by atoms with van der Waals surface area (Å²) in [5.74, 6) is 1.74. The maximum atomic E-state index is 6.82. The molecular formula is C53H33N3O. The van der Waals surface area contributed by atoms with Gasteiger partial charge in [-0.3, -0.25) is 0 Å². The van der Waals surface area contributed by atoms with Gasteiger partial charge in [0.05, 0.1) is 5.56 Å². The van der Waals surface area contributed by atoms with Gasteiger partial charge in [-0.2, -0.15) is 0 Å². The van der Waals surface area contributed by atoms with Crippen molar-refractivity contribution in [1.29, 1.82) is 0 Å². The van der Waals surface area contributed by atoms with Crippen molar-refractivity contribution in [2.75, 3.05) is 0 Å². The van der Waals surface area contributed by atoms with Crippen molar-refractivity contribution in [3.8, 4) is 67.5 Å². The van der Waals surface area contributed by atoms with Crippen LogP contribution in [0.3, 0.4) is 0 Å². The van der Waals surface area contributed by atoms with Crippen LogP contribution in [0.4, 0.5) is 0 Å². The molecule has 0 spiro atoms. The van der Waals surface area contributed by atoms with E-state index in [9.17, 15) is 0 Å². The molecule has 57 heavy (non-hydrogen) atoms. The molecule has 0 aliphatic carbocycles. The maximum absolute atomic E-state index is 6.82. The molecule has 2 aromatic heterocycles. The second-order valence-corrected chi connectivity index (χ2v) is 14.5. The Balaban J connectivity index is 1.13. The van der Waals surface area contributed by atoms with Gasteiger partial charge >= 0.3 is 0 Å². The number of hydrogen-bond acceptors (Lipinski definition) is 4. The lowest BCUT2D eigenvalue weighted by atomic mass is 9.96. The Kier molecular flexibility index (Phi) is 7.78. The molecule has 0 unspecified atom stereocenters. The molecule has 4 nitrogen and oxygen atoms in total. The van der Waals surface area contributed by atoms with Crippen LogP contribution in [0.15, 0.2) is 205 Å². The predicted octanol–water partition coefficient (Wildman–Crippen LogP) is 14.1. The normalized spacial score (nSPS) is 11.5. The Morgan fingerprint density at radius 1 is 0.281 bits per heavy atom. The van der Waals surface area contributed by atoms with E-state index in [0.29, 0.717) is 17.5 Å². The van der Waals surface area contributed by atoms with Gasteiger partial charge in [-0.25, -0.2) is 15.0 Å². The van der Waals surface area contributed by atoms with Crippen molar-refractivity contribution in [3.05, 3.63) is 200 Å². The molecule has 11 rings (SSSR count). The van der Waals surface area contributed by atoms with Crippen LogP contribution < -0.4 is 0 Å². The molecule has 0 radical (unpaired) electrons. The largest absolute Gasteiger partial charge is 0.455 e. The zero-order valence-corrected chi connectivity index (χ0v) is 30.8. The van der Waals surface area contributed by atoms with Gasteiger partial charge in [0.2, 0.25) is 0 Å². The Labute approximate surface area is 329 Å². The van der Waals surface area contributed by atoms with Gasteiger partial charge < -0.3 is 4.42 Å². The predicted molar refractivity (Wildman–Crippen MR) is 235 cm³/mol. The van der Waals surface area contributed by atoms with Gasteiger partial charge in [0.1, 0.15) is 11.2 Å². The molecule has 0 fully saturated rings. The average Bonchev–Trinajstić information content (AvgIpc) is 3.65. The molecule has 0 saturated carbocycles. The third-order valence-electron chi connectivity index (χ3n) is 10.9. The van der Waals surface area contributed by atoms with E-state index >= 15 is 0 Å². The lowest BCUT2D eigenvalue weighted by Crippen LogP contribution is -2.00. The topological polar surface area (TPSA) is 51.8 Å². The van der Waals surface area contributed by atoms with E-state index in [2.05, 4.69) is 164 Å². The van der Waals surface area contributed by atoms with E-state index in [1.165, 1.54) is 21.9 Å². The number of fused-ring (bicyclic) bond motifs is 5. The van der Waals surface area contributed by atoms with Crippen molar-refractivity contribution < 1.29 is 4.42 Å². The van der Waals surface area contributed by atoms with Crippen LogP contribution >= 0.6 is 0 Å². The molecule has 266 valence electrons. The van der Waals surface area contributed by atoms with Gasteiger partial charge in [-0.1, -0.05) is 164 Å². The lowest BCUT2D eigenvalue weighted by Gasteiger charge is -2.12. The SMILES string of the molecule is c1ccc(-c2ccc(-c3cc(-c4nc(-c5ccccc5)nc(-c5cccc(-c6ccc7ccccc7c6)c5)n4)c4oc5cc6ccccc6cc5c4c3)cc2)cc1. The fraction of sp³-hybridized carbons (Fsp3) is 0. The van der Waals surface area contributed by atoms with Crippen molar-refractivity contribution in [2.24, 2.45) is 0 Å². The summed E-state index contributed by atoms with van der Waals surface area (Å²) in [5.41, 5.74) is 10.9. The van der Waals surface area contributed by atoms with Crippen LogP contribution in [0.2, 0.25) is 0 Å². The van der Waals surface area contributed by atoms with Gasteiger partial charge in [0.15, 0.2) is 17.5 Å². The number of hydrogen-bond donors (Lipinski definition) is 0. The quantitative estimate of drug-likeness (QED) is 0.171. The van der Waals surface area contributed by atoms with Gasteiger partial charge in [-0.05, 0) is 91.3 Å². The third kappa shape index (κ3) is 6.01. The molecule has 0 saturated heterocycles. The number of nitrogens with zero attached hydrogens (tertiary/aromatic N) is 3. The number of rotatable bonds is 6. The highest BCUT2D eigenvalue weighted by atomic mass is 16.3. The fourth-order valence-corrected chi connectivity index (χ4v) is 7.93. The summed E-state index contributed by atoms with van der Waals surface area (Å²) in [6.45, 7) is 0. The second kappa shape index (κ2) is 13.6.